The van der Waals surface area contributed by atoms with Crippen molar-refractivity contribution in [2.45, 2.75) is 40.0 Å². The van der Waals surface area contributed by atoms with E-state index in [1.807, 2.05) is 0 Å². The molecule has 0 radical (unpaired) electrons. The highest BCUT2D eigenvalue weighted by atomic mass is 127. The predicted molar refractivity (Wildman–Crippen MR) is 84.2 cm³/mol. The molecule has 0 N–H and O–H groups in total. The summed E-state index contributed by atoms with van der Waals surface area (Å²) < 4.78 is 15.1. The smallest absolute Gasteiger partial charge is 0.0963 e. The minimum Gasteiger partial charge on any atom is -0.212 e. The number of hydrogen-bond acceptors (Lipinski definition) is 0. The molecule has 0 aromatic carbocycles. The Kier molecular flexibility index (Phi) is 4.05. The van der Waals surface area contributed by atoms with Crippen LogP contribution >= 0.6 is 22.6 Å². The van der Waals surface area contributed by atoms with Gasteiger partial charge in [-0.05, 0) is 69.1 Å². The predicted octanol–water partition coefficient (Wildman–Crippen LogP) is 5.81. The van der Waals surface area contributed by atoms with Crippen molar-refractivity contribution in [3.05, 3.63) is 33.7 Å². The second kappa shape index (κ2) is 5.10. The zero-order valence-electron chi connectivity index (χ0n) is 11.5. The molecule has 0 spiro atoms. The number of fused-ring (bicyclic) bond motifs is 1. The van der Waals surface area contributed by atoms with Crippen molar-refractivity contribution in [3.8, 4) is 0 Å². The van der Waals surface area contributed by atoms with Crippen LogP contribution in [0.15, 0.2) is 33.7 Å². The van der Waals surface area contributed by atoms with Crippen molar-refractivity contribution in [2.75, 3.05) is 0 Å². The highest BCUT2D eigenvalue weighted by Gasteiger charge is 2.51. The van der Waals surface area contributed by atoms with Crippen LogP contribution in [-0.2, 0) is 0 Å². The van der Waals surface area contributed by atoms with E-state index in [1.165, 1.54) is 15.6 Å². The van der Waals surface area contributed by atoms with E-state index < -0.39 is 0 Å². The van der Waals surface area contributed by atoms with E-state index >= 15 is 0 Å². The molecule has 2 aliphatic rings. The third-order valence-corrected chi connectivity index (χ3v) is 5.78. The molecule has 100 valence electrons. The van der Waals surface area contributed by atoms with E-state index in [2.05, 4.69) is 49.1 Å². The maximum absolute atomic E-state index is 13.7. The third-order valence-electron chi connectivity index (χ3n) is 4.88. The Bertz CT molecular complexity index is 417. The Morgan fingerprint density at radius 1 is 1.61 bits per heavy atom. The molecule has 0 heterocycles. The zero-order valence-corrected chi connectivity index (χ0v) is 13.6. The number of rotatable bonds is 2. The molecule has 3 atom stereocenters. The highest BCUT2D eigenvalue weighted by Crippen LogP contribution is 2.59. The Balaban J connectivity index is 2.31. The van der Waals surface area contributed by atoms with Gasteiger partial charge in [-0.15, -0.1) is 0 Å². The van der Waals surface area contributed by atoms with Gasteiger partial charge in [0.1, 0.15) is 0 Å². The van der Waals surface area contributed by atoms with Crippen LogP contribution in [0.4, 0.5) is 4.39 Å². The summed E-state index contributed by atoms with van der Waals surface area (Å²) in [6, 6.07) is 0. The first-order chi connectivity index (χ1) is 8.37. The summed E-state index contributed by atoms with van der Waals surface area (Å²) in [5.41, 5.74) is 1.40. The van der Waals surface area contributed by atoms with Crippen molar-refractivity contribution in [1.29, 1.82) is 0 Å². The van der Waals surface area contributed by atoms with Crippen molar-refractivity contribution in [1.82, 2.24) is 0 Å². The Morgan fingerprint density at radius 3 is 2.89 bits per heavy atom. The normalized spacial score (nSPS) is 35.4. The Morgan fingerprint density at radius 2 is 2.28 bits per heavy atom. The first kappa shape index (κ1) is 14.3. The maximum atomic E-state index is 13.7. The lowest BCUT2D eigenvalue weighted by molar-refractivity contribution is 0.197. The molecule has 1 saturated carbocycles. The van der Waals surface area contributed by atoms with Crippen LogP contribution in [0.3, 0.4) is 0 Å². The maximum Gasteiger partial charge on any atom is 0.0963 e. The quantitative estimate of drug-likeness (QED) is 0.431. The summed E-state index contributed by atoms with van der Waals surface area (Å²) in [4.78, 5) is 0. The topological polar surface area (TPSA) is 0 Å². The fourth-order valence-corrected chi connectivity index (χ4v) is 4.39. The van der Waals surface area contributed by atoms with Crippen LogP contribution in [0, 0.1) is 23.2 Å². The molecule has 2 rings (SSSR count). The van der Waals surface area contributed by atoms with E-state index in [0.29, 0.717) is 18.3 Å². The second-order valence-corrected chi connectivity index (χ2v) is 7.56. The average molecular weight is 360 g/mol. The van der Waals surface area contributed by atoms with Gasteiger partial charge in [0.2, 0.25) is 0 Å². The van der Waals surface area contributed by atoms with Gasteiger partial charge in [0, 0.05) is 6.42 Å². The molecule has 0 aromatic rings. The van der Waals surface area contributed by atoms with E-state index in [-0.39, 0.29) is 17.2 Å². The Labute approximate surface area is 124 Å². The second-order valence-electron chi connectivity index (χ2n) is 6.17. The molecule has 2 aliphatic carbocycles. The van der Waals surface area contributed by atoms with E-state index in [4.69, 9.17) is 0 Å². The largest absolute Gasteiger partial charge is 0.212 e. The highest BCUT2D eigenvalue weighted by molar-refractivity contribution is 14.1. The molecule has 1 fully saturated rings. The molecule has 0 bridgehead atoms. The number of allylic oxidation sites excluding steroid dienone is 5. The molecule has 18 heavy (non-hydrogen) atoms. The van der Waals surface area contributed by atoms with Gasteiger partial charge < -0.3 is 0 Å². The van der Waals surface area contributed by atoms with Gasteiger partial charge in [-0.25, -0.2) is 4.39 Å². The van der Waals surface area contributed by atoms with Gasteiger partial charge in [-0.1, -0.05) is 38.2 Å². The van der Waals surface area contributed by atoms with Crippen LogP contribution in [0.25, 0.3) is 0 Å². The lowest BCUT2D eigenvalue weighted by Gasteiger charge is -2.34. The number of halogens is 2. The van der Waals surface area contributed by atoms with Gasteiger partial charge in [-0.3, -0.25) is 0 Å². The van der Waals surface area contributed by atoms with Gasteiger partial charge in [0.15, 0.2) is 0 Å². The summed E-state index contributed by atoms with van der Waals surface area (Å²) >= 11 is 2.44. The first-order valence-corrected chi connectivity index (χ1v) is 7.81. The van der Waals surface area contributed by atoms with Gasteiger partial charge in [0.05, 0.1) is 5.83 Å². The summed E-state index contributed by atoms with van der Waals surface area (Å²) in [6.07, 6.45) is 6.88. The Hall–Kier alpha value is -0.120. The summed E-state index contributed by atoms with van der Waals surface area (Å²) in [5.74, 6) is 1.39. The SMILES string of the molecule is C=C1C2CCC(I)=CC2C(C)(C)C1C/C(F)=C\C. The molecule has 3 unspecified atom stereocenters. The van der Waals surface area contributed by atoms with Crippen molar-refractivity contribution >= 4 is 22.6 Å². The summed E-state index contributed by atoms with van der Waals surface area (Å²) in [7, 11) is 0. The van der Waals surface area contributed by atoms with Crippen molar-refractivity contribution < 1.29 is 4.39 Å². The summed E-state index contributed by atoms with van der Waals surface area (Å²) in [5, 5.41) is 0. The lowest BCUT2D eigenvalue weighted by Crippen LogP contribution is -2.27. The minimum absolute atomic E-state index is 0.00606. The monoisotopic (exact) mass is 360 g/mol. The van der Waals surface area contributed by atoms with Crippen molar-refractivity contribution in [3.63, 3.8) is 0 Å². The molecule has 0 saturated heterocycles. The van der Waals surface area contributed by atoms with Crippen LogP contribution < -0.4 is 0 Å². The third kappa shape index (κ3) is 2.33. The molecule has 0 amide bonds. The van der Waals surface area contributed by atoms with Crippen LogP contribution in [0.1, 0.15) is 40.0 Å². The molecular formula is C16H22FI. The summed E-state index contributed by atoms with van der Waals surface area (Å²) in [6.45, 7) is 10.6. The van der Waals surface area contributed by atoms with Crippen LogP contribution in [-0.4, -0.2) is 0 Å². The lowest BCUT2D eigenvalue weighted by atomic mass is 9.71. The van der Waals surface area contributed by atoms with Gasteiger partial charge in [0.25, 0.3) is 0 Å². The molecule has 0 aromatic heterocycles. The van der Waals surface area contributed by atoms with Crippen molar-refractivity contribution in [2.24, 2.45) is 23.2 Å². The minimum atomic E-state index is 0.00606. The van der Waals surface area contributed by atoms with Gasteiger partial charge in [-0.2, -0.15) is 0 Å². The standard InChI is InChI=1S/C16H22FI/c1-5-11(17)8-14-10(2)13-7-6-12(18)9-15(13)16(14,3)4/h5,9,13-15H,2,6-8H2,1,3-4H3/b11-5+. The zero-order chi connectivity index (χ0) is 13.5. The first-order valence-electron chi connectivity index (χ1n) is 6.73. The molecule has 0 aliphatic heterocycles. The average Bonchev–Trinajstić information content (AvgIpc) is 2.50. The van der Waals surface area contributed by atoms with E-state index in [9.17, 15) is 4.39 Å². The van der Waals surface area contributed by atoms with Crippen LogP contribution in [0.5, 0.6) is 0 Å². The van der Waals surface area contributed by atoms with E-state index in [1.54, 1.807) is 13.0 Å². The van der Waals surface area contributed by atoms with Gasteiger partial charge >= 0.3 is 0 Å². The van der Waals surface area contributed by atoms with Crippen LogP contribution in [0.2, 0.25) is 0 Å². The fraction of sp³-hybridized carbons (Fsp3) is 0.625. The van der Waals surface area contributed by atoms with E-state index in [0.717, 1.165) is 6.42 Å². The number of hydrogen-bond donors (Lipinski definition) is 0. The molecule has 2 heteroatoms. The molecular weight excluding hydrogens is 338 g/mol. The molecule has 0 nitrogen and oxygen atoms in total. The fourth-order valence-electron chi connectivity index (χ4n) is 3.69.